The van der Waals surface area contributed by atoms with Gasteiger partial charge in [0.15, 0.2) is 16.8 Å². The molecule has 2 fully saturated rings. The number of carbonyl (C=O) groups is 1. The van der Waals surface area contributed by atoms with Crippen LogP contribution in [0.4, 0.5) is 15.0 Å². The average molecular weight is 560 g/mol. The maximum Gasteiger partial charge on any atom is 0.429 e. The minimum Gasteiger partial charge on any atom is -0.463 e. The first-order valence-electron chi connectivity index (χ1n) is 12.0. The number of hydrazine groups is 1. The molecule has 0 N–H and O–H groups in total. The summed E-state index contributed by atoms with van der Waals surface area (Å²) in [7, 11) is -3.61. The van der Waals surface area contributed by atoms with Crippen molar-refractivity contribution < 1.29 is 31.3 Å². The van der Waals surface area contributed by atoms with Crippen molar-refractivity contribution in [3.8, 4) is 6.01 Å². The number of hydrogen-bond donors (Lipinski definition) is 0. The number of nitrogens with zero attached hydrogens (tertiary/aromatic N) is 5. The molecule has 1 saturated heterocycles. The minimum atomic E-state index is -3.61. The minimum absolute atomic E-state index is 0.0328. The lowest BCUT2D eigenvalue weighted by molar-refractivity contribution is 0.0232. The number of aromatic nitrogens is 3. The molecule has 0 aromatic carbocycles. The van der Waals surface area contributed by atoms with E-state index in [1.165, 1.54) is 11.2 Å². The molecule has 1 amide bonds. The third kappa shape index (κ3) is 6.88. The maximum atomic E-state index is 15.1. The predicted octanol–water partition coefficient (Wildman–Crippen LogP) is 4.09. The van der Waals surface area contributed by atoms with Crippen molar-refractivity contribution in [1.29, 1.82) is 0 Å². The number of amides is 1. The van der Waals surface area contributed by atoms with Gasteiger partial charge in [-0.05, 0) is 52.9 Å². The zero-order valence-corrected chi connectivity index (χ0v) is 22.9. The first-order valence-corrected chi connectivity index (χ1v) is 14.2. The molecule has 0 spiro atoms. The van der Waals surface area contributed by atoms with Gasteiger partial charge in [0.2, 0.25) is 0 Å². The van der Waals surface area contributed by atoms with E-state index in [-0.39, 0.29) is 41.1 Å². The lowest BCUT2D eigenvalue weighted by atomic mass is 10.1. The average Bonchev–Trinajstić information content (AvgIpc) is 3.61. The van der Waals surface area contributed by atoms with Crippen LogP contribution in [-0.4, -0.2) is 72.6 Å². The highest BCUT2D eigenvalue weighted by atomic mass is 35.5. The molecular weight excluding hydrogens is 529 g/mol. The zero-order chi connectivity index (χ0) is 27.0. The van der Waals surface area contributed by atoms with Crippen LogP contribution in [0.5, 0.6) is 6.01 Å². The SMILES string of the molecule is CC(C)(C)OC(=O)N1CCCCCN1c1nc(OCC2(COS(C)(=O)=O)CC2)nc2c(F)c(Cl)ncc12. The van der Waals surface area contributed by atoms with Gasteiger partial charge in [0, 0.05) is 24.7 Å². The molecule has 1 saturated carbocycles. The van der Waals surface area contributed by atoms with E-state index < -0.39 is 33.0 Å². The third-order valence-corrected chi connectivity index (χ3v) is 6.83. The number of hydrogen-bond acceptors (Lipinski definition) is 10. The Bertz CT molecular complexity index is 1280. The zero-order valence-electron chi connectivity index (χ0n) is 21.3. The summed E-state index contributed by atoms with van der Waals surface area (Å²) in [4.78, 5) is 25.8. The molecule has 14 heteroatoms. The Labute approximate surface area is 220 Å². The molecule has 2 aromatic heterocycles. The lowest BCUT2D eigenvalue weighted by Crippen LogP contribution is -2.49. The largest absolute Gasteiger partial charge is 0.463 e. The molecule has 4 rings (SSSR count). The Morgan fingerprint density at radius 2 is 1.86 bits per heavy atom. The molecule has 0 unspecified atom stereocenters. The molecule has 0 radical (unpaired) electrons. The summed E-state index contributed by atoms with van der Waals surface area (Å²) in [5, 5.41) is 3.00. The topological polar surface area (TPSA) is 124 Å². The molecular formula is C23H31ClFN5O6S. The number of anilines is 1. The van der Waals surface area contributed by atoms with E-state index in [1.54, 1.807) is 25.8 Å². The normalized spacial score (nSPS) is 18.0. The molecule has 0 bridgehead atoms. The van der Waals surface area contributed by atoms with Gasteiger partial charge in [-0.3, -0.25) is 9.19 Å². The monoisotopic (exact) mass is 559 g/mol. The number of rotatable bonds is 7. The van der Waals surface area contributed by atoms with Crippen molar-refractivity contribution >= 4 is 44.5 Å². The highest BCUT2D eigenvalue weighted by molar-refractivity contribution is 7.85. The first kappa shape index (κ1) is 27.5. The van der Waals surface area contributed by atoms with Gasteiger partial charge in [0.1, 0.15) is 11.1 Å². The van der Waals surface area contributed by atoms with Gasteiger partial charge in [-0.2, -0.15) is 18.4 Å². The highest BCUT2D eigenvalue weighted by Gasteiger charge is 2.45. The van der Waals surface area contributed by atoms with Crippen molar-refractivity contribution in [2.24, 2.45) is 5.41 Å². The Hall–Kier alpha value is -2.51. The van der Waals surface area contributed by atoms with E-state index in [0.29, 0.717) is 25.9 Å². The van der Waals surface area contributed by atoms with Gasteiger partial charge in [0.25, 0.3) is 10.1 Å². The summed E-state index contributed by atoms with van der Waals surface area (Å²) in [6.45, 7) is 6.18. The molecule has 3 heterocycles. The Morgan fingerprint density at radius 1 is 1.16 bits per heavy atom. The number of ether oxygens (including phenoxy) is 2. The van der Waals surface area contributed by atoms with Crippen LogP contribution in [0.25, 0.3) is 10.9 Å². The second-order valence-corrected chi connectivity index (χ2v) is 12.5. The molecule has 0 atom stereocenters. The van der Waals surface area contributed by atoms with E-state index >= 15 is 4.39 Å². The Kier molecular flexibility index (Phi) is 7.69. The van der Waals surface area contributed by atoms with Gasteiger partial charge in [-0.15, -0.1) is 0 Å². The van der Waals surface area contributed by atoms with Crippen LogP contribution in [0.3, 0.4) is 0 Å². The summed E-state index contributed by atoms with van der Waals surface area (Å²) in [5.74, 6) is -0.610. The quantitative estimate of drug-likeness (QED) is 0.362. The fourth-order valence-corrected chi connectivity index (χ4v) is 4.49. The van der Waals surface area contributed by atoms with Crippen LogP contribution in [0.1, 0.15) is 52.9 Å². The van der Waals surface area contributed by atoms with Crippen LogP contribution in [0, 0.1) is 11.2 Å². The molecule has 204 valence electrons. The van der Waals surface area contributed by atoms with Gasteiger partial charge in [-0.25, -0.2) is 19.2 Å². The molecule has 1 aliphatic heterocycles. The first-order chi connectivity index (χ1) is 17.3. The molecule has 2 aromatic rings. The molecule has 1 aliphatic carbocycles. The molecule has 2 aliphatic rings. The van der Waals surface area contributed by atoms with Crippen molar-refractivity contribution in [2.45, 2.75) is 58.5 Å². The van der Waals surface area contributed by atoms with Crippen LogP contribution >= 0.6 is 11.6 Å². The van der Waals surface area contributed by atoms with Crippen molar-refractivity contribution in [2.75, 3.05) is 37.6 Å². The van der Waals surface area contributed by atoms with E-state index in [9.17, 15) is 13.2 Å². The van der Waals surface area contributed by atoms with E-state index in [0.717, 1.165) is 25.5 Å². The van der Waals surface area contributed by atoms with Crippen molar-refractivity contribution in [3.63, 3.8) is 0 Å². The highest BCUT2D eigenvalue weighted by Crippen LogP contribution is 2.46. The summed E-state index contributed by atoms with van der Waals surface area (Å²) >= 11 is 5.94. The third-order valence-electron chi connectivity index (χ3n) is 6.02. The Balaban J connectivity index is 1.70. The van der Waals surface area contributed by atoms with Crippen LogP contribution in [0.2, 0.25) is 5.15 Å². The van der Waals surface area contributed by atoms with Gasteiger partial charge >= 0.3 is 12.1 Å². The smallest absolute Gasteiger partial charge is 0.429 e. The maximum absolute atomic E-state index is 15.1. The van der Waals surface area contributed by atoms with Gasteiger partial charge < -0.3 is 9.47 Å². The van der Waals surface area contributed by atoms with Crippen molar-refractivity contribution in [3.05, 3.63) is 17.2 Å². The van der Waals surface area contributed by atoms with Gasteiger partial charge in [-0.1, -0.05) is 11.6 Å². The van der Waals surface area contributed by atoms with Crippen molar-refractivity contribution in [1.82, 2.24) is 20.0 Å². The summed E-state index contributed by atoms with van der Waals surface area (Å²) < 4.78 is 54.3. The second kappa shape index (κ2) is 10.3. The van der Waals surface area contributed by atoms with Crippen LogP contribution in [-0.2, 0) is 19.0 Å². The fourth-order valence-electron chi connectivity index (χ4n) is 3.88. The number of pyridine rings is 1. The van der Waals surface area contributed by atoms with E-state index in [2.05, 4.69) is 15.0 Å². The van der Waals surface area contributed by atoms with Gasteiger partial charge in [0.05, 0.1) is 24.9 Å². The molecule has 37 heavy (non-hydrogen) atoms. The molecule has 11 nitrogen and oxygen atoms in total. The fraction of sp³-hybridized carbons (Fsp3) is 0.652. The second-order valence-electron chi connectivity index (χ2n) is 10.5. The predicted molar refractivity (Wildman–Crippen MR) is 134 cm³/mol. The van der Waals surface area contributed by atoms with Crippen LogP contribution < -0.4 is 9.75 Å². The summed E-state index contributed by atoms with van der Waals surface area (Å²) in [6, 6.07) is -0.136. The summed E-state index contributed by atoms with van der Waals surface area (Å²) in [6.07, 6.45) is 5.59. The number of fused-ring (bicyclic) bond motifs is 1. The summed E-state index contributed by atoms with van der Waals surface area (Å²) in [5.41, 5.74) is -1.32. The lowest BCUT2D eigenvalue weighted by Gasteiger charge is -2.35. The standard InChI is InChI=1S/C23H31ClFN5O6S/c1-22(2,3)36-21(31)30-11-7-5-6-10-29(30)19-15-12-26-18(24)16(25)17(15)27-20(28-19)34-13-23(8-9-23)14-35-37(4,32)33/h12H,5-11,13-14H2,1-4H3. The Morgan fingerprint density at radius 3 is 2.51 bits per heavy atom. The van der Waals surface area contributed by atoms with E-state index in [4.69, 9.17) is 25.3 Å². The van der Waals surface area contributed by atoms with Crippen LogP contribution in [0.15, 0.2) is 6.20 Å². The number of halogens is 2. The number of carbonyl (C=O) groups excluding carboxylic acids is 1. The van der Waals surface area contributed by atoms with E-state index in [1.807, 2.05) is 0 Å².